The predicted molar refractivity (Wildman–Crippen MR) is 75.0 cm³/mol. The van der Waals surface area contributed by atoms with Crippen molar-refractivity contribution in [3.8, 4) is 5.69 Å². The van der Waals surface area contributed by atoms with Crippen LogP contribution in [0.4, 0.5) is 4.39 Å². The normalized spacial score (nSPS) is 11.2. The van der Waals surface area contributed by atoms with Gasteiger partial charge in [-0.3, -0.25) is 0 Å². The number of hydrogen-bond acceptors (Lipinski definition) is 4. The van der Waals surface area contributed by atoms with E-state index in [0.29, 0.717) is 24.6 Å². The van der Waals surface area contributed by atoms with Crippen LogP contribution in [0.3, 0.4) is 0 Å². The number of rotatable bonds is 6. The first kappa shape index (κ1) is 15.1. The van der Waals surface area contributed by atoms with Crippen molar-refractivity contribution in [1.29, 1.82) is 0 Å². The standard InChI is InChI=1S/C13H15BrFN3O2/c1-3-19-13(20-4-2)11-8-18(17-16-11)12-7-9(15)5-6-10(12)14/h5-8,13H,3-4H2,1-2H3. The Labute approximate surface area is 124 Å². The van der Waals surface area contributed by atoms with Crippen LogP contribution in [0.1, 0.15) is 25.8 Å². The molecule has 0 saturated carbocycles. The summed E-state index contributed by atoms with van der Waals surface area (Å²) in [7, 11) is 0. The van der Waals surface area contributed by atoms with Crippen molar-refractivity contribution in [3.63, 3.8) is 0 Å². The van der Waals surface area contributed by atoms with Gasteiger partial charge in [-0.05, 0) is 41.9 Å². The summed E-state index contributed by atoms with van der Waals surface area (Å²) >= 11 is 3.36. The molecule has 2 aromatic rings. The van der Waals surface area contributed by atoms with Gasteiger partial charge < -0.3 is 9.47 Å². The third kappa shape index (κ3) is 3.41. The second kappa shape index (κ2) is 6.92. The van der Waals surface area contributed by atoms with E-state index in [4.69, 9.17) is 9.47 Å². The van der Waals surface area contributed by atoms with Gasteiger partial charge >= 0.3 is 0 Å². The van der Waals surface area contributed by atoms with Gasteiger partial charge in [0.1, 0.15) is 11.5 Å². The van der Waals surface area contributed by atoms with Gasteiger partial charge in [-0.25, -0.2) is 9.07 Å². The molecule has 0 bridgehead atoms. The second-order valence-electron chi connectivity index (χ2n) is 3.93. The van der Waals surface area contributed by atoms with Crippen molar-refractivity contribution in [2.24, 2.45) is 0 Å². The Bertz CT molecular complexity index is 570. The van der Waals surface area contributed by atoms with E-state index < -0.39 is 6.29 Å². The first-order valence-corrected chi connectivity index (χ1v) is 7.05. The van der Waals surface area contributed by atoms with Crippen molar-refractivity contribution in [1.82, 2.24) is 15.0 Å². The lowest BCUT2D eigenvalue weighted by Gasteiger charge is -2.13. The van der Waals surface area contributed by atoms with E-state index in [-0.39, 0.29) is 5.82 Å². The molecule has 0 atom stereocenters. The molecule has 0 radical (unpaired) electrons. The monoisotopic (exact) mass is 343 g/mol. The smallest absolute Gasteiger partial charge is 0.204 e. The molecule has 1 aromatic heterocycles. The van der Waals surface area contributed by atoms with Crippen molar-refractivity contribution in [2.75, 3.05) is 13.2 Å². The molecule has 108 valence electrons. The van der Waals surface area contributed by atoms with Gasteiger partial charge in [0.15, 0.2) is 0 Å². The highest BCUT2D eigenvalue weighted by Crippen LogP contribution is 2.23. The van der Waals surface area contributed by atoms with E-state index in [9.17, 15) is 4.39 Å². The lowest BCUT2D eigenvalue weighted by Crippen LogP contribution is -2.09. The molecule has 0 aliphatic heterocycles. The summed E-state index contributed by atoms with van der Waals surface area (Å²) in [6, 6.07) is 4.36. The average Bonchev–Trinajstić information content (AvgIpc) is 2.91. The van der Waals surface area contributed by atoms with Crippen LogP contribution in [0.25, 0.3) is 5.69 Å². The summed E-state index contributed by atoms with van der Waals surface area (Å²) in [5.74, 6) is -0.341. The second-order valence-corrected chi connectivity index (χ2v) is 4.78. The van der Waals surface area contributed by atoms with Gasteiger partial charge in [0.2, 0.25) is 6.29 Å². The third-order valence-corrected chi connectivity index (χ3v) is 3.21. The van der Waals surface area contributed by atoms with Crippen LogP contribution in [0.2, 0.25) is 0 Å². The topological polar surface area (TPSA) is 49.2 Å². The molecular formula is C13H15BrFN3O2. The van der Waals surface area contributed by atoms with Gasteiger partial charge in [0.25, 0.3) is 0 Å². The maximum atomic E-state index is 13.3. The van der Waals surface area contributed by atoms with Crippen molar-refractivity contribution >= 4 is 15.9 Å². The van der Waals surface area contributed by atoms with Crippen LogP contribution in [-0.2, 0) is 9.47 Å². The quantitative estimate of drug-likeness (QED) is 0.755. The van der Waals surface area contributed by atoms with Gasteiger partial charge in [0.05, 0.1) is 11.9 Å². The summed E-state index contributed by atoms with van der Waals surface area (Å²) in [4.78, 5) is 0. The number of aromatic nitrogens is 3. The minimum absolute atomic E-state index is 0.341. The fourth-order valence-corrected chi connectivity index (χ4v) is 2.11. The highest BCUT2D eigenvalue weighted by Gasteiger charge is 2.17. The van der Waals surface area contributed by atoms with Crippen LogP contribution in [-0.4, -0.2) is 28.2 Å². The number of hydrogen-bond donors (Lipinski definition) is 0. The minimum Gasteiger partial charge on any atom is -0.347 e. The largest absolute Gasteiger partial charge is 0.347 e. The fourth-order valence-electron chi connectivity index (χ4n) is 1.69. The summed E-state index contributed by atoms with van der Waals surface area (Å²) in [5.41, 5.74) is 1.11. The SMILES string of the molecule is CCOC(OCC)c1cn(-c2cc(F)ccc2Br)nn1. The molecule has 0 aliphatic carbocycles. The predicted octanol–water partition coefficient (Wildman–Crippen LogP) is 3.24. The first-order chi connectivity index (χ1) is 9.65. The molecular weight excluding hydrogens is 329 g/mol. The molecule has 1 heterocycles. The lowest BCUT2D eigenvalue weighted by molar-refractivity contribution is -0.142. The molecule has 2 rings (SSSR count). The van der Waals surface area contributed by atoms with Gasteiger partial charge in [-0.2, -0.15) is 0 Å². The summed E-state index contributed by atoms with van der Waals surface area (Å²) in [6.45, 7) is 4.75. The molecule has 0 N–H and O–H groups in total. The van der Waals surface area contributed by atoms with Crippen LogP contribution < -0.4 is 0 Å². The molecule has 7 heteroatoms. The first-order valence-electron chi connectivity index (χ1n) is 6.26. The zero-order valence-corrected chi connectivity index (χ0v) is 12.8. The molecule has 0 saturated heterocycles. The van der Waals surface area contributed by atoms with Gasteiger partial charge in [0, 0.05) is 23.8 Å². The lowest BCUT2D eigenvalue weighted by atomic mass is 10.3. The highest BCUT2D eigenvalue weighted by molar-refractivity contribution is 9.10. The Hall–Kier alpha value is -1.31. The van der Waals surface area contributed by atoms with E-state index in [0.717, 1.165) is 4.47 Å². The van der Waals surface area contributed by atoms with E-state index in [1.807, 2.05) is 13.8 Å². The van der Waals surface area contributed by atoms with E-state index in [1.54, 1.807) is 12.3 Å². The van der Waals surface area contributed by atoms with Crippen LogP contribution in [0.5, 0.6) is 0 Å². The molecule has 0 amide bonds. The molecule has 0 unspecified atom stereocenters. The van der Waals surface area contributed by atoms with Gasteiger partial charge in [-0.15, -0.1) is 5.10 Å². The van der Waals surface area contributed by atoms with Crippen LogP contribution >= 0.6 is 15.9 Å². The molecule has 0 spiro atoms. The summed E-state index contributed by atoms with van der Waals surface area (Å²) in [5, 5.41) is 8.00. The van der Waals surface area contributed by atoms with Crippen molar-refractivity contribution in [3.05, 3.63) is 40.4 Å². The average molecular weight is 344 g/mol. The maximum absolute atomic E-state index is 13.3. The molecule has 5 nitrogen and oxygen atoms in total. The van der Waals surface area contributed by atoms with E-state index in [1.165, 1.54) is 16.8 Å². The molecule has 0 aliphatic rings. The Morgan fingerprint density at radius 1 is 1.30 bits per heavy atom. The van der Waals surface area contributed by atoms with Crippen LogP contribution in [0.15, 0.2) is 28.9 Å². The Morgan fingerprint density at radius 2 is 2.00 bits per heavy atom. The number of halogens is 2. The maximum Gasteiger partial charge on any atom is 0.204 e. The number of nitrogens with zero attached hydrogens (tertiary/aromatic N) is 3. The Balaban J connectivity index is 2.29. The zero-order chi connectivity index (χ0) is 14.5. The highest BCUT2D eigenvalue weighted by atomic mass is 79.9. The van der Waals surface area contributed by atoms with Crippen LogP contribution in [0, 0.1) is 5.82 Å². The fraction of sp³-hybridized carbons (Fsp3) is 0.385. The van der Waals surface area contributed by atoms with Gasteiger partial charge in [-0.1, -0.05) is 5.21 Å². The number of benzene rings is 1. The number of ether oxygens (including phenoxy) is 2. The summed E-state index contributed by atoms with van der Waals surface area (Å²) in [6.07, 6.45) is 1.10. The molecule has 20 heavy (non-hydrogen) atoms. The van der Waals surface area contributed by atoms with Crippen molar-refractivity contribution < 1.29 is 13.9 Å². The molecule has 1 aromatic carbocycles. The molecule has 0 fully saturated rings. The van der Waals surface area contributed by atoms with E-state index in [2.05, 4.69) is 26.2 Å². The Morgan fingerprint density at radius 3 is 2.65 bits per heavy atom. The Kier molecular flexibility index (Phi) is 5.22. The minimum atomic E-state index is -0.564. The zero-order valence-electron chi connectivity index (χ0n) is 11.2. The van der Waals surface area contributed by atoms with E-state index >= 15 is 0 Å². The summed E-state index contributed by atoms with van der Waals surface area (Å²) < 4.78 is 26.4. The van der Waals surface area contributed by atoms with Crippen molar-refractivity contribution in [2.45, 2.75) is 20.1 Å². The third-order valence-electron chi connectivity index (χ3n) is 2.54.